The number of hydrogen-bond acceptors (Lipinski definition) is 2. The van der Waals surface area contributed by atoms with Crippen LogP contribution in [-0.4, -0.2) is 36.4 Å². The van der Waals surface area contributed by atoms with Crippen LogP contribution in [0.25, 0.3) is 0 Å². The number of likely N-dealkylation sites (tertiary alicyclic amines) is 1. The predicted molar refractivity (Wildman–Crippen MR) is 80.1 cm³/mol. The van der Waals surface area contributed by atoms with Gasteiger partial charge < -0.3 is 9.64 Å². The normalized spacial score (nSPS) is 17.7. The van der Waals surface area contributed by atoms with Crippen molar-refractivity contribution in [2.24, 2.45) is 0 Å². The van der Waals surface area contributed by atoms with Gasteiger partial charge in [-0.15, -0.1) is 0 Å². The molecule has 1 fully saturated rings. The third-order valence-electron chi connectivity index (χ3n) is 3.66. The average molecular weight is 362 g/mol. The number of amides is 1. The van der Waals surface area contributed by atoms with E-state index < -0.39 is 5.92 Å². The summed E-state index contributed by atoms with van der Waals surface area (Å²) in [5, 5.41) is 0. The highest BCUT2D eigenvalue weighted by atomic mass is 79.9. The Labute approximate surface area is 131 Å². The molecule has 0 N–H and O–H groups in total. The molecule has 0 unspecified atom stereocenters. The van der Waals surface area contributed by atoms with Crippen LogP contribution in [0.4, 0.5) is 8.78 Å². The molecule has 0 radical (unpaired) electrons. The van der Waals surface area contributed by atoms with Crippen LogP contribution in [0.1, 0.15) is 35.7 Å². The number of alkyl halides is 2. The molecule has 0 aliphatic carbocycles. The molecule has 1 aromatic carbocycles. The molecule has 6 heteroatoms. The van der Waals surface area contributed by atoms with E-state index >= 15 is 0 Å². The number of hydrogen-bond donors (Lipinski definition) is 0. The maximum Gasteiger partial charge on any atom is 0.255 e. The third kappa shape index (κ3) is 3.54. The molecule has 2 rings (SSSR count). The summed E-state index contributed by atoms with van der Waals surface area (Å²) in [4.78, 5) is 14.1. The fraction of sp³-hybridized carbons (Fsp3) is 0.533. The Morgan fingerprint density at radius 2 is 2.00 bits per heavy atom. The number of benzene rings is 1. The first-order valence-corrected chi connectivity index (χ1v) is 7.74. The van der Waals surface area contributed by atoms with E-state index in [9.17, 15) is 13.6 Å². The van der Waals surface area contributed by atoms with Gasteiger partial charge in [-0.2, -0.15) is 0 Å². The molecule has 21 heavy (non-hydrogen) atoms. The van der Waals surface area contributed by atoms with Crippen LogP contribution in [0.3, 0.4) is 0 Å². The second-order valence-electron chi connectivity index (χ2n) is 5.13. The van der Waals surface area contributed by atoms with E-state index in [0.717, 1.165) is 5.56 Å². The lowest BCUT2D eigenvalue weighted by molar-refractivity contribution is -0.0494. The molecule has 0 aromatic heterocycles. The number of carbonyl (C=O) groups excluding carboxylic acids is 1. The van der Waals surface area contributed by atoms with Crippen LogP contribution in [0.15, 0.2) is 16.6 Å². The SMILES string of the molecule is CCOc1ccc(Br)c(C(=O)N2CCC(F)(F)CC2)c1C. The van der Waals surface area contributed by atoms with Gasteiger partial charge in [-0.1, -0.05) is 0 Å². The summed E-state index contributed by atoms with van der Waals surface area (Å²) in [6.45, 7) is 4.34. The number of nitrogens with zero attached hydrogens (tertiary/aromatic N) is 1. The third-order valence-corrected chi connectivity index (χ3v) is 4.32. The standard InChI is InChI=1S/C15H18BrF2NO2/c1-3-21-12-5-4-11(16)13(10(12)2)14(20)19-8-6-15(17,18)7-9-19/h4-5H,3,6-9H2,1-2H3. The first-order chi connectivity index (χ1) is 9.85. The predicted octanol–water partition coefficient (Wildman–Crippen LogP) is 4.03. The first kappa shape index (κ1) is 16.2. The molecule has 3 nitrogen and oxygen atoms in total. The van der Waals surface area contributed by atoms with E-state index in [4.69, 9.17) is 4.74 Å². The number of ether oxygens (including phenoxy) is 1. The number of rotatable bonds is 3. The van der Waals surface area contributed by atoms with Crippen molar-refractivity contribution in [3.05, 3.63) is 27.7 Å². The zero-order valence-corrected chi connectivity index (χ0v) is 13.7. The molecule has 0 atom stereocenters. The van der Waals surface area contributed by atoms with Crippen molar-refractivity contribution < 1.29 is 18.3 Å². The molecular formula is C15H18BrF2NO2. The topological polar surface area (TPSA) is 29.5 Å². The zero-order chi connectivity index (χ0) is 15.6. The number of piperidine rings is 1. The van der Waals surface area contributed by atoms with Gasteiger partial charge in [0.1, 0.15) is 5.75 Å². The van der Waals surface area contributed by atoms with Crippen LogP contribution in [-0.2, 0) is 0 Å². The highest BCUT2D eigenvalue weighted by Crippen LogP contribution is 2.32. The summed E-state index contributed by atoms with van der Waals surface area (Å²) >= 11 is 3.37. The van der Waals surface area contributed by atoms with Gasteiger partial charge in [0.25, 0.3) is 11.8 Å². The van der Waals surface area contributed by atoms with Crippen LogP contribution in [0.5, 0.6) is 5.75 Å². The molecule has 1 saturated heterocycles. The highest BCUT2D eigenvalue weighted by molar-refractivity contribution is 9.10. The minimum Gasteiger partial charge on any atom is -0.494 e. The van der Waals surface area contributed by atoms with Gasteiger partial charge in [0.05, 0.1) is 12.2 Å². The Kier molecular flexibility index (Phi) is 4.86. The van der Waals surface area contributed by atoms with E-state index in [1.54, 1.807) is 12.1 Å². The van der Waals surface area contributed by atoms with Crippen LogP contribution in [0, 0.1) is 6.92 Å². The van der Waals surface area contributed by atoms with Crippen LogP contribution < -0.4 is 4.74 Å². The summed E-state index contributed by atoms with van der Waals surface area (Å²) in [5.41, 5.74) is 1.22. The maximum absolute atomic E-state index is 13.2. The second-order valence-corrected chi connectivity index (χ2v) is 5.98. The minimum absolute atomic E-state index is 0.0799. The molecule has 1 aliphatic heterocycles. The van der Waals surface area contributed by atoms with E-state index in [1.807, 2.05) is 13.8 Å². The number of carbonyl (C=O) groups is 1. The van der Waals surface area contributed by atoms with Crippen molar-refractivity contribution in [2.75, 3.05) is 19.7 Å². The fourth-order valence-corrected chi connectivity index (χ4v) is 3.03. The Morgan fingerprint density at radius 1 is 1.38 bits per heavy atom. The Balaban J connectivity index is 2.25. The van der Waals surface area contributed by atoms with Crippen molar-refractivity contribution in [3.63, 3.8) is 0 Å². The molecule has 1 aromatic rings. The van der Waals surface area contributed by atoms with Gasteiger partial charge in [0, 0.05) is 36.0 Å². The van der Waals surface area contributed by atoms with Gasteiger partial charge in [-0.25, -0.2) is 8.78 Å². The molecule has 1 amide bonds. The van der Waals surface area contributed by atoms with Crippen molar-refractivity contribution >= 4 is 21.8 Å². The molecule has 116 valence electrons. The van der Waals surface area contributed by atoms with E-state index in [1.165, 1.54) is 4.90 Å². The lowest BCUT2D eigenvalue weighted by atomic mass is 10.0. The summed E-state index contributed by atoms with van der Waals surface area (Å²) < 4.78 is 32.5. The van der Waals surface area contributed by atoms with Crippen LogP contribution >= 0.6 is 15.9 Å². The first-order valence-electron chi connectivity index (χ1n) is 6.94. The molecule has 1 aliphatic rings. The largest absolute Gasteiger partial charge is 0.494 e. The Bertz CT molecular complexity index is 539. The van der Waals surface area contributed by atoms with Crippen molar-refractivity contribution in [2.45, 2.75) is 32.6 Å². The molecule has 0 spiro atoms. The van der Waals surface area contributed by atoms with Crippen molar-refractivity contribution in [1.82, 2.24) is 4.90 Å². The lowest BCUT2D eigenvalue weighted by Gasteiger charge is -2.32. The minimum atomic E-state index is -2.66. The molecule has 0 saturated carbocycles. The van der Waals surface area contributed by atoms with Crippen LogP contribution in [0.2, 0.25) is 0 Å². The zero-order valence-electron chi connectivity index (χ0n) is 12.1. The van der Waals surface area contributed by atoms with Gasteiger partial charge >= 0.3 is 0 Å². The quantitative estimate of drug-likeness (QED) is 0.813. The second kappa shape index (κ2) is 6.30. The van der Waals surface area contributed by atoms with Gasteiger partial charge in [0.15, 0.2) is 0 Å². The molecule has 1 heterocycles. The molecule has 0 bridgehead atoms. The van der Waals surface area contributed by atoms with E-state index in [0.29, 0.717) is 22.4 Å². The summed E-state index contributed by atoms with van der Waals surface area (Å²) in [6, 6.07) is 3.55. The van der Waals surface area contributed by atoms with Gasteiger partial charge in [0.2, 0.25) is 0 Å². The molecular weight excluding hydrogens is 344 g/mol. The maximum atomic E-state index is 13.2. The summed E-state index contributed by atoms with van der Waals surface area (Å²) in [6.07, 6.45) is -0.554. The van der Waals surface area contributed by atoms with E-state index in [-0.39, 0.29) is 31.8 Å². The Hall–Kier alpha value is -1.17. The highest BCUT2D eigenvalue weighted by Gasteiger charge is 2.36. The monoisotopic (exact) mass is 361 g/mol. The smallest absolute Gasteiger partial charge is 0.255 e. The average Bonchev–Trinajstić information content (AvgIpc) is 2.42. The lowest BCUT2D eigenvalue weighted by Crippen LogP contribution is -2.43. The Morgan fingerprint density at radius 3 is 2.57 bits per heavy atom. The van der Waals surface area contributed by atoms with Crippen molar-refractivity contribution in [1.29, 1.82) is 0 Å². The fourth-order valence-electron chi connectivity index (χ4n) is 2.43. The summed E-state index contributed by atoms with van der Waals surface area (Å²) in [7, 11) is 0. The number of halogens is 3. The van der Waals surface area contributed by atoms with Crippen molar-refractivity contribution in [3.8, 4) is 5.75 Å². The van der Waals surface area contributed by atoms with E-state index in [2.05, 4.69) is 15.9 Å². The van der Waals surface area contributed by atoms with Gasteiger partial charge in [-0.3, -0.25) is 4.79 Å². The van der Waals surface area contributed by atoms with Gasteiger partial charge in [-0.05, 0) is 41.9 Å². The summed E-state index contributed by atoms with van der Waals surface area (Å²) in [5.74, 6) is -2.24.